The summed E-state index contributed by atoms with van der Waals surface area (Å²) in [6.07, 6.45) is 1.64. The third-order valence-corrected chi connectivity index (χ3v) is 3.38. The summed E-state index contributed by atoms with van der Waals surface area (Å²) in [7, 11) is 0. The minimum Gasteiger partial charge on any atom is -0.354 e. The highest BCUT2D eigenvalue weighted by molar-refractivity contribution is 6.30. The van der Waals surface area contributed by atoms with Gasteiger partial charge in [0, 0.05) is 17.3 Å². The largest absolute Gasteiger partial charge is 0.354 e. The molecule has 22 heavy (non-hydrogen) atoms. The highest BCUT2D eigenvalue weighted by atomic mass is 35.5. The van der Waals surface area contributed by atoms with E-state index in [-0.39, 0.29) is 5.91 Å². The molecule has 2 aromatic rings. The van der Waals surface area contributed by atoms with Crippen molar-refractivity contribution in [2.24, 2.45) is 5.92 Å². The Labute approximate surface area is 135 Å². The van der Waals surface area contributed by atoms with Crippen molar-refractivity contribution in [2.75, 3.05) is 11.9 Å². The second-order valence-electron chi connectivity index (χ2n) is 5.62. The van der Waals surface area contributed by atoms with E-state index in [2.05, 4.69) is 15.6 Å². The fourth-order valence-electron chi connectivity index (χ4n) is 1.87. The zero-order valence-corrected chi connectivity index (χ0v) is 13.7. The lowest BCUT2D eigenvalue weighted by atomic mass is 10.2. The zero-order chi connectivity index (χ0) is 16.1. The number of aromatic nitrogens is 1. The van der Waals surface area contributed by atoms with Crippen LogP contribution < -0.4 is 10.6 Å². The summed E-state index contributed by atoms with van der Waals surface area (Å²) in [5.74, 6) is 0.259. The molecule has 1 aromatic heterocycles. The van der Waals surface area contributed by atoms with Crippen LogP contribution in [0.4, 0.5) is 11.4 Å². The quantitative estimate of drug-likeness (QED) is 0.870. The maximum absolute atomic E-state index is 11.9. The second-order valence-corrected chi connectivity index (χ2v) is 6.06. The molecular formula is C17H20ClN3O. The Morgan fingerprint density at radius 1 is 1.27 bits per heavy atom. The van der Waals surface area contributed by atoms with Gasteiger partial charge in [0.25, 0.3) is 5.91 Å². The molecule has 4 nitrogen and oxygen atoms in total. The Morgan fingerprint density at radius 3 is 2.68 bits per heavy atom. The average molecular weight is 318 g/mol. The van der Waals surface area contributed by atoms with Gasteiger partial charge in [0.2, 0.25) is 0 Å². The van der Waals surface area contributed by atoms with Crippen molar-refractivity contribution in [2.45, 2.75) is 20.8 Å². The fraction of sp³-hybridized carbons (Fsp3) is 0.294. The molecule has 0 aliphatic carbocycles. The lowest BCUT2D eigenvalue weighted by Crippen LogP contribution is -2.27. The number of hydrogen-bond acceptors (Lipinski definition) is 3. The van der Waals surface area contributed by atoms with E-state index in [9.17, 15) is 4.79 Å². The van der Waals surface area contributed by atoms with Crippen molar-refractivity contribution >= 4 is 28.9 Å². The first-order valence-electron chi connectivity index (χ1n) is 7.23. The van der Waals surface area contributed by atoms with Crippen molar-refractivity contribution in [3.8, 4) is 0 Å². The molecular weight excluding hydrogens is 298 g/mol. The number of carbonyl (C=O) groups is 1. The van der Waals surface area contributed by atoms with Gasteiger partial charge in [0.15, 0.2) is 0 Å². The van der Waals surface area contributed by atoms with E-state index in [1.54, 1.807) is 12.3 Å². The van der Waals surface area contributed by atoms with Crippen molar-refractivity contribution in [1.29, 1.82) is 0 Å². The number of pyridine rings is 1. The lowest BCUT2D eigenvalue weighted by Gasteiger charge is -2.11. The van der Waals surface area contributed by atoms with Crippen LogP contribution >= 0.6 is 11.6 Å². The normalized spacial score (nSPS) is 10.6. The number of benzene rings is 1. The molecule has 0 saturated heterocycles. The molecule has 0 bridgehead atoms. The van der Waals surface area contributed by atoms with Gasteiger partial charge >= 0.3 is 0 Å². The number of carbonyl (C=O) groups excluding carboxylic acids is 1. The van der Waals surface area contributed by atoms with E-state index in [4.69, 9.17) is 11.6 Å². The third-order valence-electron chi connectivity index (χ3n) is 3.15. The zero-order valence-electron chi connectivity index (χ0n) is 13.0. The van der Waals surface area contributed by atoms with E-state index < -0.39 is 0 Å². The number of rotatable bonds is 5. The van der Waals surface area contributed by atoms with Crippen molar-refractivity contribution in [3.63, 3.8) is 0 Å². The first kappa shape index (κ1) is 16.3. The second kappa shape index (κ2) is 7.27. The van der Waals surface area contributed by atoms with Crippen LogP contribution in [-0.4, -0.2) is 17.4 Å². The molecule has 2 N–H and O–H groups in total. The summed E-state index contributed by atoms with van der Waals surface area (Å²) >= 11 is 6.00. The first-order valence-corrected chi connectivity index (χ1v) is 7.61. The number of hydrogen-bond donors (Lipinski definition) is 2. The molecule has 0 spiro atoms. The van der Waals surface area contributed by atoms with Crippen LogP contribution in [0, 0.1) is 12.8 Å². The summed E-state index contributed by atoms with van der Waals surface area (Å²) in [5.41, 5.74) is 3.23. The topological polar surface area (TPSA) is 54.0 Å². The summed E-state index contributed by atoms with van der Waals surface area (Å²) in [6, 6.07) is 9.20. The molecule has 5 heteroatoms. The van der Waals surface area contributed by atoms with Crippen LogP contribution in [0.5, 0.6) is 0 Å². The molecule has 1 heterocycles. The number of nitrogens with one attached hydrogen (secondary N) is 2. The Hall–Kier alpha value is -2.07. The van der Waals surface area contributed by atoms with E-state index in [1.165, 1.54) is 0 Å². The minimum atomic E-state index is -0.154. The predicted molar refractivity (Wildman–Crippen MR) is 90.9 cm³/mol. The average Bonchev–Trinajstić information content (AvgIpc) is 2.49. The number of halogens is 1. The van der Waals surface area contributed by atoms with Crippen LogP contribution in [0.1, 0.15) is 29.9 Å². The lowest BCUT2D eigenvalue weighted by molar-refractivity contribution is 0.0944. The van der Waals surface area contributed by atoms with Crippen LogP contribution in [0.2, 0.25) is 5.02 Å². The van der Waals surface area contributed by atoms with Gasteiger partial charge in [-0.15, -0.1) is 0 Å². The maximum Gasteiger partial charge on any atom is 0.269 e. The van der Waals surface area contributed by atoms with Gasteiger partial charge < -0.3 is 10.6 Å². The molecule has 1 amide bonds. The number of aryl methyl sites for hydroxylation is 1. The van der Waals surface area contributed by atoms with E-state index in [1.807, 2.05) is 45.0 Å². The molecule has 116 valence electrons. The molecule has 0 atom stereocenters. The van der Waals surface area contributed by atoms with Gasteiger partial charge in [-0.25, -0.2) is 4.98 Å². The molecule has 0 saturated carbocycles. The fourth-order valence-corrected chi connectivity index (χ4v) is 2.05. The Bertz CT molecular complexity index is 653. The Kier molecular flexibility index (Phi) is 5.39. The Balaban J connectivity index is 2.05. The number of nitrogens with zero attached hydrogens (tertiary/aromatic N) is 1. The standard InChI is InChI=1S/C17H20ClN3O/c1-11(2)9-20-17(22)15-7-6-14(10-19-15)21-16-8-13(18)5-4-12(16)3/h4-8,10-11,21H,9H2,1-3H3,(H,20,22). The van der Waals surface area contributed by atoms with Crippen LogP contribution in [0.3, 0.4) is 0 Å². The van der Waals surface area contributed by atoms with Gasteiger partial charge in [0.05, 0.1) is 11.9 Å². The van der Waals surface area contributed by atoms with Gasteiger partial charge in [-0.2, -0.15) is 0 Å². The summed E-state index contributed by atoms with van der Waals surface area (Å²) in [6.45, 7) is 6.74. The molecule has 0 fully saturated rings. The predicted octanol–water partition coefficient (Wildman–Crippen LogP) is 4.17. The summed E-state index contributed by atoms with van der Waals surface area (Å²) in [5, 5.41) is 6.77. The highest BCUT2D eigenvalue weighted by Gasteiger charge is 2.08. The molecule has 0 aliphatic rings. The van der Waals surface area contributed by atoms with Crippen LogP contribution in [-0.2, 0) is 0 Å². The molecule has 0 aliphatic heterocycles. The van der Waals surface area contributed by atoms with Gasteiger partial charge in [0.1, 0.15) is 5.69 Å². The highest BCUT2D eigenvalue weighted by Crippen LogP contribution is 2.23. The third kappa shape index (κ3) is 4.46. The van der Waals surface area contributed by atoms with E-state index >= 15 is 0 Å². The van der Waals surface area contributed by atoms with Gasteiger partial charge in [-0.05, 0) is 42.7 Å². The van der Waals surface area contributed by atoms with Gasteiger partial charge in [-0.1, -0.05) is 31.5 Å². The van der Waals surface area contributed by atoms with Crippen LogP contribution in [0.15, 0.2) is 36.5 Å². The number of anilines is 2. The minimum absolute atomic E-state index is 0.154. The molecule has 1 aromatic carbocycles. The van der Waals surface area contributed by atoms with E-state index in [0.29, 0.717) is 23.2 Å². The monoisotopic (exact) mass is 317 g/mol. The Morgan fingerprint density at radius 2 is 2.05 bits per heavy atom. The molecule has 2 rings (SSSR count). The molecule has 0 unspecified atom stereocenters. The van der Waals surface area contributed by atoms with Crippen LogP contribution in [0.25, 0.3) is 0 Å². The SMILES string of the molecule is Cc1ccc(Cl)cc1Nc1ccc(C(=O)NCC(C)C)nc1. The van der Waals surface area contributed by atoms with Gasteiger partial charge in [-0.3, -0.25) is 4.79 Å². The van der Waals surface area contributed by atoms with Crippen molar-refractivity contribution in [3.05, 3.63) is 52.8 Å². The first-order chi connectivity index (χ1) is 10.5. The van der Waals surface area contributed by atoms with E-state index in [0.717, 1.165) is 16.9 Å². The molecule has 0 radical (unpaired) electrons. The maximum atomic E-state index is 11.9. The van der Waals surface area contributed by atoms with Crippen molar-refractivity contribution in [1.82, 2.24) is 10.3 Å². The summed E-state index contributed by atoms with van der Waals surface area (Å²) < 4.78 is 0. The smallest absolute Gasteiger partial charge is 0.269 e. The summed E-state index contributed by atoms with van der Waals surface area (Å²) in [4.78, 5) is 16.1. The van der Waals surface area contributed by atoms with Crippen molar-refractivity contribution < 1.29 is 4.79 Å². The number of amides is 1.